The second-order valence-corrected chi connectivity index (χ2v) is 8.48. The number of para-hydroxylation sites is 1. The predicted octanol–water partition coefficient (Wildman–Crippen LogP) is 5.24. The molecule has 0 aliphatic carbocycles. The van der Waals surface area contributed by atoms with E-state index < -0.39 is 0 Å². The van der Waals surface area contributed by atoms with Crippen LogP contribution >= 0.6 is 0 Å². The van der Waals surface area contributed by atoms with Gasteiger partial charge in [0.25, 0.3) is 5.91 Å². The van der Waals surface area contributed by atoms with Crippen LogP contribution in [0.25, 0.3) is 16.6 Å². The van der Waals surface area contributed by atoms with Crippen LogP contribution in [0.2, 0.25) is 0 Å². The van der Waals surface area contributed by atoms with Gasteiger partial charge in [-0.05, 0) is 55.8 Å². The van der Waals surface area contributed by atoms with Gasteiger partial charge in [-0.15, -0.1) is 0 Å². The first-order valence-corrected chi connectivity index (χ1v) is 11.1. The Balaban J connectivity index is 1.32. The standard InChI is InChI=1S/C26H28N4O/c1-3-25-22(17-27-30(25)21-10-8-18(2)9-11-21)26(31)29-14-12-19(13-15-29)24-16-20-6-4-5-7-23(20)28-24/h4-11,16-17,19,28H,3,12-15H2,1-2H3. The maximum Gasteiger partial charge on any atom is 0.257 e. The third kappa shape index (κ3) is 3.65. The Bertz CT molecular complexity index is 1180. The highest BCUT2D eigenvalue weighted by atomic mass is 16.2. The lowest BCUT2D eigenvalue weighted by molar-refractivity contribution is 0.0711. The highest BCUT2D eigenvalue weighted by molar-refractivity contribution is 5.95. The van der Waals surface area contributed by atoms with E-state index in [-0.39, 0.29) is 5.91 Å². The largest absolute Gasteiger partial charge is 0.358 e. The number of aromatic amines is 1. The summed E-state index contributed by atoms with van der Waals surface area (Å²) >= 11 is 0. The van der Waals surface area contributed by atoms with E-state index in [0.29, 0.717) is 5.92 Å². The van der Waals surface area contributed by atoms with E-state index >= 15 is 0 Å². The summed E-state index contributed by atoms with van der Waals surface area (Å²) in [4.78, 5) is 18.9. The smallest absolute Gasteiger partial charge is 0.257 e. The fourth-order valence-electron chi connectivity index (χ4n) is 4.68. The molecular weight excluding hydrogens is 384 g/mol. The number of nitrogens with one attached hydrogen (secondary N) is 1. The van der Waals surface area contributed by atoms with Gasteiger partial charge < -0.3 is 9.88 Å². The molecule has 2 aromatic carbocycles. The van der Waals surface area contributed by atoms with Crippen molar-refractivity contribution < 1.29 is 4.79 Å². The zero-order valence-corrected chi connectivity index (χ0v) is 18.1. The van der Waals surface area contributed by atoms with E-state index in [4.69, 9.17) is 0 Å². The molecule has 0 unspecified atom stereocenters. The van der Waals surface area contributed by atoms with Crippen LogP contribution in [0.4, 0.5) is 0 Å². The van der Waals surface area contributed by atoms with Gasteiger partial charge >= 0.3 is 0 Å². The van der Waals surface area contributed by atoms with Gasteiger partial charge in [0.2, 0.25) is 0 Å². The molecule has 0 saturated carbocycles. The number of aromatic nitrogens is 3. The first-order chi connectivity index (χ1) is 15.1. The molecule has 3 heterocycles. The molecule has 1 aliphatic heterocycles. The maximum absolute atomic E-state index is 13.3. The van der Waals surface area contributed by atoms with Gasteiger partial charge in [0.1, 0.15) is 0 Å². The molecular formula is C26H28N4O. The predicted molar refractivity (Wildman–Crippen MR) is 124 cm³/mol. The summed E-state index contributed by atoms with van der Waals surface area (Å²) < 4.78 is 1.91. The number of hydrogen-bond acceptors (Lipinski definition) is 2. The highest BCUT2D eigenvalue weighted by Gasteiger charge is 2.28. The molecule has 1 amide bonds. The number of fused-ring (bicyclic) bond motifs is 1. The molecule has 4 aromatic rings. The van der Waals surface area contributed by atoms with Crippen LogP contribution in [0.3, 0.4) is 0 Å². The van der Waals surface area contributed by atoms with E-state index in [1.807, 2.05) is 9.58 Å². The number of nitrogens with zero attached hydrogens (tertiary/aromatic N) is 3. The third-order valence-electron chi connectivity index (χ3n) is 6.49. The van der Waals surface area contributed by atoms with Gasteiger partial charge in [-0.25, -0.2) is 4.68 Å². The lowest BCUT2D eigenvalue weighted by Gasteiger charge is -2.31. The van der Waals surface area contributed by atoms with Crippen LogP contribution in [0.1, 0.15) is 53.0 Å². The van der Waals surface area contributed by atoms with Crippen LogP contribution in [-0.2, 0) is 6.42 Å². The molecule has 5 heteroatoms. The lowest BCUT2D eigenvalue weighted by atomic mass is 9.93. The summed E-state index contributed by atoms with van der Waals surface area (Å²) in [7, 11) is 0. The molecule has 2 aromatic heterocycles. The van der Waals surface area contributed by atoms with Crippen LogP contribution in [0.5, 0.6) is 0 Å². The maximum atomic E-state index is 13.3. The fraction of sp³-hybridized carbons (Fsp3) is 0.308. The third-order valence-corrected chi connectivity index (χ3v) is 6.49. The molecule has 0 spiro atoms. The molecule has 1 fully saturated rings. The Kier molecular flexibility index (Phi) is 5.10. The second kappa shape index (κ2) is 8.06. The zero-order valence-electron chi connectivity index (χ0n) is 18.1. The number of aryl methyl sites for hydroxylation is 1. The molecule has 1 saturated heterocycles. The van der Waals surface area contributed by atoms with Gasteiger partial charge in [0, 0.05) is 30.2 Å². The molecule has 1 aliphatic rings. The molecule has 0 radical (unpaired) electrons. The number of amides is 1. The van der Waals surface area contributed by atoms with Gasteiger partial charge in [-0.2, -0.15) is 5.10 Å². The number of piperidine rings is 1. The highest BCUT2D eigenvalue weighted by Crippen LogP contribution is 2.31. The summed E-state index contributed by atoms with van der Waals surface area (Å²) in [6.45, 7) is 5.71. The van der Waals surface area contributed by atoms with Crippen LogP contribution < -0.4 is 0 Å². The first kappa shape index (κ1) is 19.6. The Labute approximate surface area is 182 Å². The number of H-pyrrole nitrogens is 1. The summed E-state index contributed by atoms with van der Waals surface area (Å²) in [6, 6.07) is 18.9. The molecule has 158 valence electrons. The number of likely N-dealkylation sites (tertiary alicyclic amines) is 1. The average molecular weight is 413 g/mol. The minimum Gasteiger partial charge on any atom is -0.358 e. The fourth-order valence-corrected chi connectivity index (χ4v) is 4.68. The normalized spacial score (nSPS) is 15.0. The first-order valence-electron chi connectivity index (χ1n) is 11.1. The van der Waals surface area contributed by atoms with E-state index in [2.05, 4.69) is 78.5 Å². The zero-order chi connectivity index (χ0) is 21.4. The molecule has 0 atom stereocenters. The Morgan fingerprint density at radius 1 is 1.10 bits per heavy atom. The molecule has 31 heavy (non-hydrogen) atoms. The lowest BCUT2D eigenvalue weighted by Crippen LogP contribution is -2.38. The van der Waals surface area contributed by atoms with E-state index in [1.165, 1.54) is 22.2 Å². The summed E-state index contributed by atoms with van der Waals surface area (Å²) in [5, 5.41) is 5.81. The number of hydrogen-bond donors (Lipinski definition) is 1. The van der Waals surface area contributed by atoms with Crippen molar-refractivity contribution in [3.8, 4) is 5.69 Å². The quantitative estimate of drug-likeness (QED) is 0.498. The second-order valence-electron chi connectivity index (χ2n) is 8.48. The number of rotatable bonds is 4. The van der Waals surface area contributed by atoms with Crippen LogP contribution in [0.15, 0.2) is 60.8 Å². The molecule has 5 rings (SSSR count). The molecule has 5 nitrogen and oxygen atoms in total. The molecule has 0 bridgehead atoms. The van der Waals surface area contributed by atoms with Crippen molar-refractivity contribution in [2.75, 3.05) is 13.1 Å². The minimum absolute atomic E-state index is 0.102. The van der Waals surface area contributed by atoms with E-state index in [9.17, 15) is 4.79 Å². The van der Waals surface area contributed by atoms with Crippen LogP contribution in [-0.4, -0.2) is 38.7 Å². The monoisotopic (exact) mass is 412 g/mol. The Morgan fingerprint density at radius 2 is 1.84 bits per heavy atom. The van der Waals surface area contributed by atoms with Crippen molar-refractivity contribution in [1.29, 1.82) is 0 Å². The Hall–Kier alpha value is -3.34. The van der Waals surface area contributed by atoms with Gasteiger partial charge in [-0.1, -0.05) is 42.8 Å². The van der Waals surface area contributed by atoms with Crippen molar-refractivity contribution in [1.82, 2.24) is 19.7 Å². The topological polar surface area (TPSA) is 53.9 Å². The SMILES string of the molecule is CCc1c(C(=O)N2CCC(c3cc4ccccc4[nH]3)CC2)cnn1-c1ccc(C)cc1. The van der Waals surface area contributed by atoms with Crippen molar-refractivity contribution in [3.63, 3.8) is 0 Å². The number of carbonyl (C=O) groups is 1. The molecule has 1 N–H and O–H groups in total. The van der Waals surface area contributed by atoms with E-state index in [1.54, 1.807) is 6.20 Å². The minimum atomic E-state index is 0.102. The van der Waals surface area contributed by atoms with Gasteiger partial charge in [-0.3, -0.25) is 4.79 Å². The Morgan fingerprint density at radius 3 is 2.55 bits per heavy atom. The van der Waals surface area contributed by atoms with Crippen molar-refractivity contribution in [2.24, 2.45) is 0 Å². The summed E-state index contributed by atoms with van der Waals surface area (Å²) in [6.07, 6.45) is 4.46. The number of carbonyl (C=O) groups excluding carboxylic acids is 1. The van der Waals surface area contributed by atoms with Crippen molar-refractivity contribution in [3.05, 3.63) is 83.3 Å². The van der Waals surface area contributed by atoms with Crippen molar-refractivity contribution >= 4 is 16.8 Å². The van der Waals surface area contributed by atoms with Crippen LogP contribution in [0, 0.1) is 6.92 Å². The van der Waals surface area contributed by atoms with Gasteiger partial charge in [0.15, 0.2) is 0 Å². The summed E-state index contributed by atoms with van der Waals surface area (Å²) in [5.74, 6) is 0.572. The summed E-state index contributed by atoms with van der Waals surface area (Å²) in [5.41, 5.74) is 6.39. The van der Waals surface area contributed by atoms with Crippen molar-refractivity contribution in [2.45, 2.75) is 39.0 Å². The average Bonchev–Trinajstić information content (AvgIpc) is 3.43. The number of benzene rings is 2. The van der Waals surface area contributed by atoms with Gasteiger partial charge in [0.05, 0.1) is 23.1 Å². The van der Waals surface area contributed by atoms with E-state index in [0.717, 1.165) is 49.3 Å².